The third kappa shape index (κ3) is 4.61. The predicted molar refractivity (Wildman–Crippen MR) is 139 cm³/mol. The zero-order chi connectivity index (χ0) is 26.6. The molecule has 0 spiro atoms. The normalized spacial score (nSPS) is 25.5. The first-order chi connectivity index (χ1) is 18.2. The SMILES string of the molecule is Cc1ccc(NC(=O)c2nc(-c3ccc(F)cc3F)[nH]c2CCC23CC4CC(CC(C4)C2)C3)cc1C(=O)O. The Balaban J connectivity index is 1.30. The molecule has 8 heteroatoms. The van der Waals surface area contributed by atoms with Crippen molar-refractivity contribution < 1.29 is 23.5 Å². The van der Waals surface area contributed by atoms with Crippen LogP contribution in [0, 0.1) is 41.7 Å². The van der Waals surface area contributed by atoms with Gasteiger partial charge >= 0.3 is 5.97 Å². The maximum absolute atomic E-state index is 14.6. The first kappa shape index (κ1) is 24.8. The van der Waals surface area contributed by atoms with E-state index in [0.29, 0.717) is 23.4 Å². The van der Waals surface area contributed by atoms with Gasteiger partial charge in [-0.3, -0.25) is 4.79 Å². The molecule has 0 atom stereocenters. The molecule has 0 aliphatic heterocycles. The number of carboxylic acids is 1. The van der Waals surface area contributed by atoms with Crippen molar-refractivity contribution in [1.29, 1.82) is 0 Å². The van der Waals surface area contributed by atoms with Gasteiger partial charge in [0.15, 0.2) is 0 Å². The van der Waals surface area contributed by atoms with Crippen molar-refractivity contribution in [2.45, 2.75) is 58.3 Å². The third-order valence-corrected chi connectivity index (χ3v) is 8.98. The summed E-state index contributed by atoms with van der Waals surface area (Å²) in [5.74, 6) is -0.448. The molecule has 4 fully saturated rings. The number of halogens is 2. The van der Waals surface area contributed by atoms with Crippen LogP contribution in [-0.2, 0) is 6.42 Å². The van der Waals surface area contributed by atoms with Crippen LogP contribution in [0.25, 0.3) is 11.4 Å². The number of carbonyl (C=O) groups is 2. The van der Waals surface area contributed by atoms with Crippen molar-refractivity contribution >= 4 is 17.6 Å². The highest BCUT2D eigenvalue weighted by atomic mass is 19.1. The second-order valence-corrected chi connectivity index (χ2v) is 11.7. The molecule has 3 aromatic rings. The number of aromatic amines is 1. The second-order valence-electron chi connectivity index (χ2n) is 11.7. The maximum Gasteiger partial charge on any atom is 0.336 e. The Morgan fingerprint density at radius 1 is 1.05 bits per heavy atom. The number of H-pyrrole nitrogens is 1. The second kappa shape index (κ2) is 9.33. The van der Waals surface area contributed by atoms with Gasteiger partial charge in [-0.1, -0.05) is 6.07 Å². The van der Waals surface area contributed by atoms with E-state index in [9.17, 15) is 23.5 Å². The van der Waals surface area contributed by atoms with E-state index in [-0.39, 0.29) is 28.1 Å². The molecular formula is C30H31F2N3O3. The summed E-state index contributed by atoms with van der Waals surface area (Å²) in [7, 11) is 0. The summed E-state index contributed by atoms with van der Waals surface area (Å²) in [6.07, 6.45) is 9.26. The Kier molecular flexibility index (Phi) is 6.08. The van der Waals surface area contributed by atoms with Crippen LogP contribution >= 0.6 is 0 Å². The van der Waals surface area contributed by atoms with Crippen molar-refractivity contribution in [3.8, 4) is 11.4 Å². The van der Waals surface area contributed by atoms with Gasteiger partial charge in [0.2, 0.25) is 0 Å². The molecule has 198 valence electrons. The molecule has 0 unspecified atom stereocenters. The number of nitrogens with one attached hydrogen (secondary N) is 2. The van der Waals surface area contributed by atoms with Crippen LogP contribution in [0.15, 0.2) is 36.4 Å². The number of aromatic carboxylic acids is 1. The monoisotopic (exact) mass is 519 g/mol. The van der Waals surface area contributed by atoms with Gasteiger partial charge in [-0.05, 0) is 111 Å². The molecule has 4 bridgehead atoms. The average molecular weight is 520 g/mol. The Morgan fingerprint density at radius 3 is 2.37 bits per heavy atom. The van der Waals surface area contributed by atoms with Crippen molar-refractivity contribution in [1.82, 2.24) is 9.97 Å². The van der Waals surface area contributed by atoms with E-state index in [1.165, 1.54) is 50.7 Å². The highest BCUT2D eigenvalue weighted by Gasteiger charge is 2.50. The number of hydrogen-bond acceptors (Lipinski definition) is 3. The van der Waals surface area contributed by atoms with Crippen LogP contribution in [0.4, 0.5) is 14.5 Å². The van der Waals surface area contributed by atoms with Crippen LogP contribution in [0.3, 0.4) is 0 Å². The number of aryl methyl sites for hydroxylation is 2. The summed E-state index contributed by atoms with van der Waals surface area (Å²) in [5.41, 5.74) is 2.14. The predicted octanol–water partition coefficient (Wildman–Crippen LogP) is 6.76. The molecule has 2 aromatic carbocycles. The number of carboxylic acid groups (broad SMARTS) is 1. The molecule has 7 rings (SSSR count). The summed E-state index contributed by atoms with van der Waals surface area (Å²) in [4.78, 5) is 32.6. The number of hydrogen-bond donors (Lipinski definition) is 3. The van der Waals surface area contributed by atoms with E-state index in [0.717, 1.165) is 36.3 Å². The average Bonchev–Trinajstić information content (AvgIpc) is 3.27. The van der Waals surface area contributed by atoms with E-state index < -0.39 is 23.5 Å². The summed E-state index contributed by atoms with van der Waals surface area (Å²) >= 11 is 0. The minimum Gasteiger partial charge on any atom is -0.478 e. The first-order valence-corrected chi connectivity index (χ1v) is 13.4. The number of amides is 1. The number of aromatic nitrogens is 2. The number of nitrogens with zero attached hydrogens (tertiary/aromatic N) is 1. The third-order valence-electron chi connectivity index (χ3n) is 8.98. The lowest BCUT2D eigenvalue weighted by Gasteiger charge is -2.57. The molecule has 0 saturated heterocycles. The first-order valence-electron chi connectivity index (χ1n) is 13.4. The van der Waals surface area contributed by atoms with E-state index in [1.54, 1.807) is 19.1 Å². The van der Waals surface area contributed by atoms with Gasteiger partial charge < -0.3 is 15.4 Å². The number of anilines is 1. The number of benzene rings is 2. The molecule has 1 amide bonds. The smallest absolute Gasteiger partial charge is 0.336 e. The highest BCUT2D eigenvalue weighted by Crippen LogP contribution is 2.61. The minimum absolute atomic E-state index is 0.0880. The van der Waals surface area contributed by atoms with Gasteiger partial charge in [-0.2, -0.15) is 0 Å². The van der Waals surface area contributed by atoms with Gasteiger partial charge in [0.05, 0.1) is 11.1 Å². The van der Waals surface area contributed by atoms with Crippen molar-refractivity contribution in [3.05, 3.63) is 70.5 Å². The quantitative estimate of drug-likeness (QED) is 0.321. The molecule has 1 aromatic heterocycles. The molecule has 0 radical (unpaired) electrons. The summed E-state index contributed by atoms with van der Waals surface area (Å²) in [6.45, 7) is 1.69. The van der Waals surface area contributed by atoms with E-state index in [4.69, 9.17) is 0 Å². The fourth-order valence-electron chi connectivity index (χ4n) is 7.69. The highest BCUT2D eigenvalue weighted by molar-refractivity contribution is 6.04. The zero-order valence-electron chi connectivity index (χ0n) is 21.3. The number of rotatable bonds is 7. The summed E-state index contributed by atoms with van der Waals surface area (Å²) < 4.78 is 28.2. The molecule has 4 saturated carbocycles. The van der Waals surface area contributed by atoms with Gasteiger partial charge in [0.25, 0.3) is 5.91 Å². The van der Waals surface area contributed by atoms with E-state index in [2.05, 4.69) is 15.3 Å². The fraction of sp³-hybridized carbons (Fsp3) is 0.433. The standard InChI is InChI=1S/C30H31F2N3O3/c1-16-2-4-21(12-23(16)29(37)38)33-28(36)26-25(34-27(35-26)22-5-3-20(31)11-24(22)32)6-7-30-13-17-8-18(14-30)10-19(9-17)15-30/h2-5,11-12,17-19H,6-10,13-15H2,1H3,(H,33,36)(H,34,35)(H,37,38). The van der Waals surface area contributed by atoms with Gasteiger partial charge in [0, 0.05) is 17.4 Å². The topological polar surface area (TPSA) is 95.1 Å². The lowest BCUT2D eigenvalue weighted by atomic mass is 9.48. The largest absolute Gasteiger partial charge is 0.478 e. The van der Waals surface area contributed by atoms with Crippen LogP contribution in [0.2, 0.25) is 0 Å². The van der Waals surface area contributed by atoms with Gasteiger partial charge in [-0.15, -0.1) is 0 Å². The van der Waals surface area contributed by atoms with Crippen molar-refractivity contribution in [2.75, 3.05) is 5.32 Å². The Hall–Kier alpha value is -3.55. The van der Waals surface area contributed by atoms with Gasteiger partial charge in [-0.25, -0.2) is 18.6 Å². The van der Waals surface area contributed by atoms with Crippen LogP contribution in [0.1, 0.15) is 77.0 Å². The maximum atomic E-state index is 14.6. The van der Waals surface area contributed by atoms with Crippen molar-refractivity contribution in [3.63, 3.8) is 0 Å². The zero-order valence-corrected chi connectivity index (χ0v) is 21.3. The van der Waals surface area contributed by atoms with E-state index >= 15 is 0 Å². The number of imidazole rings is 1. The lowest BCUT2D eigenvalue weighted by molar-refractivity contribution is -0.0570. The van der Waals surface area contributed by atoms with Crippen molar-refractivity contribution in [2.24, 2.45) is 23.2 Å². The van der Waals surface area contributed by atoms with Crippen LogP contribution in [0.5, 0.6) is 0 Å². The summed E-state index contributed by atoms with van der Waals surface area (Å²) in [5, 5.41) is 12.2. The number of carbonyl (C=O) groups excluding carboxylic acids is 1. The van der Waals surface area contributed by atoms with Gasteiger partial charge in [0.1, 0.15) is 23.2 Å². The van der Waals surface area contributed by atoms with Crippen LogP contribution < -0.4 is 5.32 Å². The van der Waals surface area contributed by atoms with E-state index in [1.807, 2.05) is 0 Å². The molecule has 38 heavy (non-hydrogen) atoms. The molecule has 4 aliphatic rings. The Labute approximate surface area is 219 Å². The molecule has 6 nitrogen and oxygen atoms in total. The molecule has 3 N–H and O–H groups in total. The lowest BCUT2D eigenvalue weighted by Crippen LogP contribution is -2.46. The molecule has 1 heterocycles. The molecule has 4 aliphatic carbocycles. The molecular weight excluding hydrogens is 488 g/mol. The Morgan fingerprint density at radius 2 is 1.74 bits per heavy atom. The fourth-order valence-corrected chi connectivity index (χ4v) is 7.69. The Bertz CT molecular complexity index is 1390. The minimum atomic E-state index is -1.08. The van der Waals surface area contributed by atoms with Crippen LogP contribution in [-0.4, -0.2) is 27.0 Å². The summed E-state index contributed by atoms with van der Waals surface area (Å²) in [6, 6.07) is 7.96.